The van der Waals surface area contributed by atoms with E-state index in [4.69, 9.17) is 10.2 Å². The van der Waals surface area contributed by atoms with E-state index in [1.54, 1.807) is 6.92 Å². The molecule has 0 spiro atoms. The van der Waals surface area contributed by atoms with E-state index in [0.29, 0.717) is 11.5 Å². The first-order chi connectivity index (χ1) is 7.53. The molecule has 1 fully saturated rings. The molecule has 0 aromatic carbocycles. The molecule has 1 aliphatic carbocycles. The maximum atomic E-state index is 12.0. The maximum absolute atomic E-state index is 12.0. The van der Waals surface area contributed by atoms with Gasteiger partial charge in [-0.3, -0.25) is 0 Å². The zero-order valence-electron chi connectivity index (χ0n) is 9.19. The third kappa shape index (κ3) is 2.14. The van der Waals surface area contributed by atoms with Crippen LogP contribution in [-0.2, 0) is 16.6 Å². The van der Waals surface area contributed by atoms with E-state index in [2.05, 4.69) is 4.72 Å². The topological polar surface area (TPSA) is 85.3 Å². The van der Waals surface area contributed by atoms with Gasteiger partial charge in [-0.15, -0.1) is 0 Å². The highest BCUT2D eigenvalue weighted by molar-refractivity contribution is 7.89. The first-order valence-electron chi connectivity index (χ1n) is 5.34. The number of aryl methyl sites for hydroxylation is 1. The van der Waals surface area contributed by atoms with Crippen LogP contribution in [0.5, 0.6) is 0 Å². The molecule has 2 rings (SSSR count). The molecule has 5 nitrogen and oxygen atoms in total. The first kappa shape index (κ1) is 11.6. The van der Waals surface area contributed by atoms with Gasteiger partial charge in [-0.05, 0) is 19.8 Å². The fraction of sp³-hybridized carbons (Fsp3) is 0.600. The smallest absolute Gasteiger partial charge is 0.244 e. The third-order valence-corrected chi connectivity index (χ3v) is 4.47. The summed E-state index contributed by atoms with van der Waals surface area (Å²) in [6.07, 6.45) is 2.92. The van der Waals surface area contributed by atoms with E-state index in [1.807, 2.05) is 0 Å². The van der Waals surface area contributed by atoms with Gasteiger partial charge in [-0.1, -0.05) is 6.42 Å². The Morgan fingerprint density at radius 2 is 2.25 bits per heavy atom. The van der Waals surface area contributed by atoms with Crippen molar-refractivity contribution in [1.82, 2.24) is 4.72 Å². The normalized spacial score (nSPS) is 17.4. The Morgan fingerprint density at radius 1 is 1.56 bits per heavy atom. The molecule has 0 saturated heterocycles. The summed E-state index contributed by atoms with van der Waals surface area (Å²) in [5, 5.41) is 0. The third-order valence-electron chi connectivity index (χ3n) is 2.84. The standard InChI is InChI=1S/C10H16N2O3S/c1-7-10(5-9(6-11)15-7)16(13,14)12-8-3-2-4-8/h5,8,12H,2-4,6,11H2,1H3. The van der Waals surface area contributed by atoms with Crippen molar-refractivity contribution in [2.24, 2.45) is 5.73 Å². The van der Waals surface area contributed by atoms with Gasteiger partial charge in [0.2, 0.25) is 10.0 Å². The van der Waals surface area contributed by atoms with Gasteiger partial charge >= 0.3 is 0 Å². The predicted octanol–water partition coefficient (Wildman–Crippen LogP) is 0.878. The van der Waals surface area contributed by atoms with E-state index in [0.717, 1.165) is 19.3 Å². The van der Waals surface area contributed by atoms with Crippen LogP contribution in [-0.4, -0.2) is 14.5 Å². The molecule has 1 heterocycles. The SMILES string of the molecule is Cc1oc(CN)cc1S(=O)(=O)NC1CCC1. The summed E-state index contributed by atoms with van der Waals surface area (Å²) in [7, 11) is -3.44. The fourth-order valence-corrected chi connectivity index (χ4v) is 3.21. The van der Waals surface area contributed by atoms with Crippen molar-refractivity contribution in [3.05, 3.63) is 17.6 Å². The second kappa shape index (κ2) is 4.20. The lowest BCUT2D eigenvalue weighted by Crippen LogP contribution is -2.39. The monoisotopic (exact) mass is 244 g/mol. The molecular weight excluding hydrogens is 228 g/mol. The summed E-state index contributed by atoms with van der Waals surface area (Å²) in [5.74, 6) is 0.888. The Hall–Kier alpha value is -0.850. The Kier molecular flexibility index (Phi) is 3.05. The summed E-state index contributed by atoms with van der Waals surface area (Å²) in [6, 6.07) is 1.58. The molecule has 16 heavy (non-hydrogen) atoms. The van der Waals surface area contributed by atoms with E-state index in [1.165, 1.54) is 6.07 Å². The Balaban J connectivity index is 2.23. The van der Waals surface area contributed by atoms with Crippen molar-refractivity contribution in [2.75, 3.05) is 0 Å². The summed E-state index contributed by atoms with van der Waals surface area (Å²) in [4.78, 5) is 0.208. The number of rotatable bonds is 4. The highest BCUT2D eigenvalue weighted by Crippen LogP contribution is 2.24. The molecule has 6 heteroatoms. The van der Waals surface area contributed by atoms with Crippen LogP contribution in [0.2, 0.25) is 0 Å². The molecule has 0 aliphatic heterocycles. The molecule has 1 aromatic rings. The maximum Gasteiger partial charge on any atom is 0.244 e. The van der Waals surface area contributed by atoms with Crippen LogP contribution in [0.25, 0.3) is 0 Å². The number of sulfonamides is 1. The van der Waals surface area contributed by atoms with Crippen LogP contribution in [0.1, 0.15) is 30.8 Å². The second-order valence-corrected chi connectivity index (χ2v) is 5.77. The summed E-state index contributed by atoms with van der Waals surface area (Å²) in [5.41, 5.74) is 5.40. The van der Waals surface area contributed by atoms with Gasteiger partial charge in [0, 0.05) is 12.1 Å². The minimum absolute atomic E-state index is 0.0839. The Labute approximate surface area is 95.1 Å². The summed E-state index contributed by atoms with van der Waals surface area (Å²) in [6.45, 7) is 1.84. The van der Waals surface area contributed by atoms with Crippen LogP contribution in [0.4, 0.5) is 0 Å². The molecule has 90 valence electrons. The molecule has 0 unspecified atom stereocenters. The molecule has 1 aliphatic rings. The van der Waals surface area contributed by atoms with Crippen molar-refractivity contribution < 1.29 is 12.8 Å². The first-order valence-corrected chi connectivity index (χ1v) is 6.83. The van der Waals surface area contributed by atoms with E-state index < -0.39 is 10.0 Å². The second-order valence-electron chi connectivity index (χ2n) is 4.09. The van der Waals surface area contributed by atoms with Crippen LogP contribution in [0.3, 0.4) is 0 Å². The molecule has 0 amide bonds. The average molecular weight is 244 g/mol. The lowest BCUT2D eigenvalue weighted by atomic mass is 9.94. The highest BCUT2D eigenvalue weighted by atomic mass is 32.2. The summed E-state index contributed by atoms with van der Waals surface area (Å²) >= 11 is 0. The molecule has 0 bridgehead atoms. The van der Waals surface area contributed by atoms with Crippen LogP contribution in [0.15, 0.2) is 15.4 Å². The van der Waals surface area contributed by atoms with Gasteiger partial charge in [0.1, 0.15) is 16.4 Å². The van der Waals surface area contributed by atoms with Gasteiger partial charge < -0.3 is 10.2 Å². The van der Waals surface area contributed by atoms with E-state index >= 15 is 0 Å². The van der Waals surface area contributed by atoms with E-state index in [-0.39, 0.29) is 17.5 Å². The van der Waals surface area contributed by atoms with Gasteiger partial charge in [0.25, 0.3) is 0 Å². The lowest BCUT2D eigenvalue weighted by molar-refractivity contribution is 0.383. The van der Waals surface area contributed by atoms with Crippen molar-refractivity contribution >= 4 is 10.0 Å². The molecule has 0 radical (unpaired) electrons. The molecule has 1 aromatic heterocycles. The van der Waals surface area contributed by atoms with Crippen molar-refractivity contribution in [3.63, 3.8) is 0 Å². The van der Waals surface area contributed by atoms with Crippen molar-refractivity contribution in [1.29, 1.82) is 0 Å². The number of hydrogen-bond acceptors (Lipinski definition) is 4. The van der Waals surface area contributed by atoms with Gasteiger partial charge in [-0.25, -0.2) is 13.1 Å². The largest absolute Gasteiger partial charge is 0.464 e. The molecular formula is C10H16N2O3S. The highest BCUT2D eigenvalue weighted by Gasteiger charge is 2.27. The summed E-state index contributed by atoms with van der Waals surface area (Å²) < 4.78 is 31.8. The minimum atomic E-state index is -3.44. The van der Waals surface area contributed by atoms with Crippen LogP contribution in [0, 0.1) is 6.92 Å². The Bertz CT molecular complexity index is 474. The minimum Gasteiger partial charge on any atom is -0.464 e. The van der Waals surface area contributed by atoms with E-state index in [9.17, 15) is 8.42 Å². The molecule has 3 N–H and O–H groups in total. The number of nitrogens with one attached hydrogen (secondary N) is 1. The number of nitrogens with two attached hydrogens (primary N) is 1. The van der Waals surface area contributed by atoms with Crippen molar-refractivity contribution in [3.8, 4) is 0 Å². The lowest BCUT2D eigenvalue weighted by Gasteiger charge is -2.25. The number of furan rings is 1. The quantitative estimate of drug-likeness (QED) is 0.823. The number of hydrogen-bond donors (Lipinski definition) is 2. The fourth-order valence-electron chi connectivity index (χ4n) is 1.70. The van der Waals surface area contributed by atoms with Gasteiger partial charge in [0.15, 0.2) is 0 Å². The van der Waals surface area contributed by atoms with Crippen molar-refractivity contribution in [2.45, 2.75) is 43.7 Å². The predicted molar refractivity (Wildman–Crippen MR) is 59.3 cm³/mol. The molecule has 0 atom stereocenters. The Morgan fingerprint density at radius 3 is 2.69 bits per heavy atom. The zero-order chi connectivity index (χ0) is 11.8. The van der Waals surface area contributed by atoms with Crippen LogP contribution < -0.4 is 10.5 Å². The average Bonchev–Trinajstić information content (AvgIpc) is 2.54. The van der Waals surface area contributed by atoms with Crippen LogP contribution >= 0.6 is 0 Å². The van der Waals surface area contributed by atoms with Gasteiger partial charge in [0.05, 0.1) is 6.54 Å². The molecule has 1 saturated carbocycles. The zero-order valence-corrected chi connectivity index (χ0v) is 10.0. The van der Waals surface area contributed by atoms with Gasteiger partial charge in [-0.2, -0.15) is 0 Å².